The normalized spacial score (nSPS) is 17.2. The van der Waals surface area contributed by atoms with Crippen LogP contribution in [-0.4, -0.2) is 36.9 Å². The lowest BCUT2D eigenvalue weighted by molar-refractivity contribution is 0.0729. The molecule has 0 radical (unpaired) electrons. The predicted octanol–water partition coefficient (Wildman–Crippen LogP) is 2.72. The van der Waals surface area contributed by atoms with Gasteiger partial charge in [-0.3, -0.25) is 9.48 Å². The molecule has 0 unspecified atom stereocenters. The fraction of sp³-hybridized carbons (Fsp3) is 0.278. The molecule has 0 aliphatic carbocycles. The molecule has 0 spiro atoms. The summed E-state index contributed by atoms with van der Waals surface area (Å²) in [6.45, 7) is 0.700. The monoisotopic (exact) mass is 339 g/mol. The number of likely N-dealkylation sites (tertiary alicyclic amines) is 1. The van der Waals surface area contributed by atoms with Crippen LogP contribution in [-0.2, 0) is 7.05 Å². The number of aromatic nitrogens is 4. The molecule has 3 aromatic rings. The van der Waals surface area contributed by atoms with Crippen LogP contribution in [0.5, 0.6) is 0 Å². The van der Waals surface area contributed by atoms with E-state index in [0.717, 1.165) is 18.4 Å². The van der Waals surface area contributed by atoms with Crippen molar-refractivity contribution in [2.45, 2.75) is 18.9 Å². The summed E-state index contributed by atoms with van der Waals surface area (Å²) in [5.74, 6) is -0.446. The van der Waals surface area contributed by atoms with Crippen molar-refractivity contribution >= 4 is 5.91 Å². The number of hydrogen-bond acceptors (Lipinski definition) is 3. The second-order valence-electron chi connectivity index (χ2n) is 6.23. The Morgan fingerprint density at radius 1 is 1.32 bits per heavy atom. The molecule has 1 aliphatic heterocycles. The smallest absolute Gasteiger partial charge is 0.274 e. The second kappa shape index (κ2) is 6.16. The van der Waals surface area contributed by atoms with Gasteiger partial charge in [-0.15, -0.1) is 0 Å². The summed E-state index contributed by atoms with van der Waals surface area (Å²) in [6, 6.07) is 7.83. The molecule has 7 heteroatoms. The molecule has 0 saturated carbocycles. The van der Waals surface area contributed by atoms with E-state index in [4.69, 9.17) is 0 Å². The summed E-state index contributed by atoms with van der Waals surface area (Å²) in [5, 5.41) is 8.54. The Hall–Kier alpha value is -2.96. The first-order chi connectivity index (χ1) is 12.1. The molecule has 1 aromatic carbocycles. The highest BCUT2D eigenvalue weighted by Crippen LogP contribution is 2.32. The fourth-order valence-electron chi connectivity index (χ4n) is 3.32. The minimum absolute atomic E-state index is 0.0283. The van der Waals surface area contributed by atoms with Crippen molar-refractivity contribution in [3.8, 4) is 5.69 Å². The zero-order chi connectivity index (χ0) is 17.4. The molecule has 1 fully saturated rings. The van der Waals surface area contributed by atoms with E-state index in [1.807, 2.05) is 24.3 Å². The number of carbonyl (C=O) groups excluding carboxylic acids is 1. The van der Waals surface area contributed by atoms with Gasteiger partial charge in [-0.1, -0.05) is 6.07 Å². The fourth-order valence-corrected chi connectivity index (χ4v) is 3.32. The third kappa shape index (κ3) is 2.93. The highest BCUT2D eigenvalue weighted by atomic mass is 19.1. The number of carbonyl (C=O) groups is 1. The Morgan fingerprint density at radius 2 is 2.20 bits per heavy atom. The first kappa shape index (κ1) is 15.6. The van der Waals surface area contributed by atoms with Crippen LogP contribution in [0.15, 0.2) is 48.9 Å². The van der Waals surface area contributed by atoms with Gasteiger partial charge in [0.05, 0.1) is 17.9 Å². The summed E-state index contributed by atoms with van der Waals surface area (Å²) < 4.78 is 16.6. The number of nitrogens with zero attached hydrogens (tertiary/aromatic N) is 5. The average Bonchev–Trinajstić information content (AvgIpc) is 3.34. The first-order valence-corrected chi connectivity index (χ1v) is 8.23. The predicted molar refractivity (Wildman–Crippen MR) is 89.7 cm³/mol. The summed E-state index contributed by atoms with van der Waals surface area (Å²) >= 11 is 0. The van der Waals surface area contributed by atoms with Crippen molar-refractivity contribution < 1.29 is 9.18 Å². The molecular formula is C18H18FN5O. The summed E-state index contributed by atoms with van der Waals surface area (Å²) in [6.07, 6.45) is 7.30. The van der Waals surface area contributed by atoms with E-state index >= 15 is 0 Å². The quantitative estimate of drug-likeness (QED) is 0.737. The van der Waals surface area contributed by atoms with Gasteiger partial charge in [-0.25, -0.2) is 9.07 Å². The first-order valence-electron chi connectivity index (χ1n) is 8.23. The molecule has 1 atom stereocenters. The number of halogens is 1. The van der Waals surface area contributed by atoms with Crippen LogP contribution in [0.4, 0.5) is 4.39 Å². The Kier molecular flexibility index (Phi) is 3.83. The molecule has 1 amide bonds. The lowest BCUT2D eigenvalue weighted by Crippen LogP contribution is -2.30. The number of amides is 1. The average molecular weight is 339 g/mol. The lowest BCUT2D eigenvalue weighted by Gasteiger charge is -2.22. The minimum Gasteiger partial charge on any atom is -0.330 e. The number of hydrogen-bond donors (Lipinski definition) is 0. The van der Waals surface area contributed by atoms with Crippen molar-refractivity contribution in [1.29, 1.82) is 0 Å². The minimum atomic E-state index is -0.336. The van der Waals surface area contributed by atoms with Crippen LogP contribution < -0.4 is 0 Å². The van der Waals surface area contributed by atoms with Crippen molar-refractivity contribution in [2.75, 3.05) is 6.54 Å². The van der Waals surface area contributed by atoms with Gasteiger partial charge in [0.1, 0.15) is 5.82 Å². The van der Waals surface area contributed by atoms with Crippen LogP contribution in [0.2, 0.25) is 0 Å². The lowest BCUT2D eigenvalue weighted by atomic mass is 10.1. The van der Waals surface area contributed by atoms with Gasteiger partial charge in [0.2, 0.25) is 0 Å². The molecule has 0 N–H and O–H groups in total. The van der Waals surface area contributed by atoms with Crippen molar-refractivity contribution in [2.24, 2.45) is 7.05 Å². The maximum absolute atomic E-state index is 13.4. The molecule has 1 aliphatic rings. The van der Waals surface area contributed by atoms with Crippen molar-refractivity contribution in [3.05, 3.63) is 66.0 Å². The Balaban J connectivity index is 1.58. The molecule has 2 aromatic heterocycles. The molecular weight excluding hydrogens is 321 g/mol. The highest BCUT2D eigenvalue weighted by molar-refractivity contribution is 5.92. The second-order valence-corrected chi connectivity index (χ2v) is 6.23. The summed E-state index contributed by atoms with van der Waals surface area (Å²) in [7, 11) is 1.87. The third-order valence-electron chi connectivity index (χ3n) is 4.50. The van der Waals surface area contributed by atoms with Crippen LogP contribution in [0, 0.1) is 5.82 Å². The molecule has 3 heterocycles. The summed E-state index contributed by atoms with van der Waals surface area (Å²) in [4.78, 5) is 14.7. The SMILES string of the molecule is Cn1cc([C@@H]2CCCN2C(=O)c2ccn(-c3cccc(F)c3)n2)cn1. The van der Waals surface area contributed by atoms with E-state index in [9.17, 15) is 9.18 Å². The van der Waals surface area contributed by atoms with E-state index in [1.165, 1.54) is 16.8 Å². The number of benzene rings is 1. The van der Waals surface area contributed by atoms with Gasteiger partial charge >= 0.3 is 0 Å². The standard InChI is InChI=1S/C18H18FN5O/c1-22-12-13(11-20-22)17-6-3-8-23(17)18(25)16-7-9-24(21-16)15-5-2-4-14(19)10-15/h2,4-5,7,9-12,17H,3,6,8H2,1H3/t17-/m0/s1. The Labute approximate surface area is 144 Å². The van der Waals surface area contributed by atoms with Gasteiger partial charge in [-0.2, -0.15) is 10.2 Å². The molecule has 1 saturated heterocycles. The number of rotatable bonds is 3. The topological polar surface area (TPSA) is 56.0 Å². The highest BCUT2D eigenvalue weighted by Gasteiger charge is 2.32. The Morgan fingerprint density at radius 3 is 2.96 bits per heavy atom. The van der Waals surface area contributed by atoms with E-state index < -0.39 is 0 Å². The van der Waals surface area contributed by atoms with Crippen LogP contribution >= 0.6 is 0 Å². The van der Waals surface area contributed by atoms with Crippen LogP contribution in [0.1, 0.15) is 34.9 Å². The van der Waals surface area contributed by atoms with Crippen molar-refractivity contribution in [1.82, 2.24) is 24.5 Å². The molecule has 6 nitrogen and oxygen atoms in total. The number of aryl methyl sites for hydroxylation is 1. The van der Waals surface area contributed by atoms with Gasteiger partial charge in [0.15, 0.2) is 5.69 Å². The van der Waals surface area contributed by atoms with Crippen molar-refractivity contribution in [3.63, 3.8) is 0 Å². The van der Waals surface area contributed by atoms with Crippen LogP contribution in [0.25, 0.3) is 5.69 Å². The summed E-state index contributed by atoms with van der Waals surface area (Å²) in [5.41, 5.74) is 1.99. The van der Waals surface area contributed by atoms with E-state index in [2.05, 4.69) is 10.2 Å². The molecule has 25 heavy (non-hydrogen) atoms. The third-order valence-corrected chi connectivity index (χ3v) is 4.50. The maximum atomic E-state index is 13.4. The van der Waals surface area contributed by atoms with E-state index in [1.54, 1.807) is 29.1 Å². The van der Waals surface area contributed by atoms with E-state index in [-0.39, 0.29) is 17.8 Å². The molecule has 0 bridgehead atoms. The largest absolute Gasteiger partial charge is 0.330 e. The van der Waals surface area contributed by atoms with Crippen LogP contribution in [0.3, 0.4) is 0 Å². The van der Waals surface area contributed by atoms with Gasteiger partial charge < -0.3 is 4.90 Å². The molecule has 4 rings (SSSR count). The molecule has 128 valence electrons. The van der Waals surface area contributed by atoms with Gasteiger partial charge in [0, 0.05) is 31.5 Å². The van der Waals surface area contributed by atoms with Gasteiger partial charge in [0.25, 0.3) is 5.91 Å². The Bertz CT molecular complexity index is 916. The zero-order valence-electron chi connectivity index (χ0n) is 13.8. The maximum Gasteiger partial charge on any atom is 0.274 e. The zero-order valence-corrected chi connectivity index (χ0v) is 13.8. The van der Waals surface area contributed by atoms with E-state index in [0.29, 0.717) is 17.9 Å². The van der Waals surface area contributed by atoms with Gasteiger partial charge in [-0.05, 0) is 37.1 Å².